The van der Waals surface area contributed by atoms with Crippen molar-refractivity contribution in [1.82, 2.24) is 0 Å². The lowest BCUT2D eigenvalue weighted by Crippen LogP contribution is -2.61. The highest BCUT2D eigenvalue weighted by Gasteiger charge is 2.49. The first-order chi connectivity index (χ1) is 28.1. The molecule has 2 nitrogen and oxygen atoms in total. The molecular formula is C56H53BN2. The maximum Gasteiger partial charge on any atom is 0.252 e. The van der Waals surface area contributed by atoms with E-state index in [9.17, 15) is 0 Å². The first-order valence-corrected chi connectivity index (χ1v) is 21.6. The van der Waals surface area contributed by atoms with Crippen LogP contribution in [0.25, 0.3) is 22.3 Å². The maximum absolute atomic E-state index is 2.62. The van der Waals surface area contributed by atoms with Gasteiger partial charge < -0.3 is 9.80 Å². The Morgan fingerprint density at radius 3 is 1.19 bits per heavy atom. The van der Waals surface area contributed by atoms with Crippen LogP contribution in [0.15, 0.2) is 140 Å². The van der Waals surface area contributed by atoms with Crippen molar-refractivity contribution in [2.24, 2.45) is 0 Å². The van der Waals surface area contributed by atoms with Gasteiger partial charge in [-0.1, -0.05) is 172 Å². The number of rotatable bonds is 2. The van der Waals surface area contributed by atoms with Crippen LogP contribution in [0, 0.1) is 0 Å². The van der Waals surface area contributed by atoms with Gasteiger partial charge in [-0.3, -0.25) is 0 Å². The van der Waals surface area contributed by atoms with Crippen LogP contribution in [-0.4, -0.2) is 6.71 Å². The van der Waals surface area contributed by atoms with Gasteiger partial charge in [0.25, 0.3) is 6.71 Å². The van der Waals surface area contributed by atoms with Gasteiger partial charge in [-0.2, -0.15) is 0 Å². The third kappa shape index (κ3) is 4.88. The molecule has 0 bridgehead atoms. The number of hydrogen-bond acceptors (Lipinski definition) is 2. The summed E-state index contributed by atoms with van der Waals surface area (Å²) in [5, 5.41) is 0. The van der Waals surface area contributed by atoms with E-state index >= 15 is 0 Å². The fraction of sp³-hybridized carbons (Fsp3) is 0.250. The average molecular weight is 765 g/mol. The molecule has 290 valence electrons. The fourth-order valence-electron chi connectivity index (χ4n) is 11.2. The number of nitrogens with zero attached hydrogens (tertiary/aromatic N) is 2. The zero-order valence-corrected chi connectivity index (χ0v) is 36.3. The monoisotopic (exact) mass is 764 g/mol. The number of fused-ring (bicyclic) bond motifs is 12. The lowest BCUT2D eigenvalue weighted by atomic mass is 9.33. The largest absolute Gasteiger partial charge is 0.311 e. The molecule has 0 amide bonds. The molecule has 4 aliphatic rings. The normalized spacial score (nSPS) is 16.1. The Morgan fingerprint density at radius 2 is 0.797 bits per heavy atom. The quantitative estimate of drug-likeness (QED) is 0.162. The topological polar surface area (TPSA) is 6.48 Å². The molecule has 0 saturated carbocycles. The molecule has 0 fully saturated rings. The van der Waals surface area contributed by atoms with Crippen LogP contribution >= 0.6 is 0 Å². The van der Waals surface area contributed by atoms with Gasteiger partial charge in [0.1, 0.15) is 0 Å². The summed E-state index contributed by atoms with van der Waals surface area (Å²) in [4.78, 5) is 5.23. The second kappa shape index (κ2) is 11.9. The molecule has 7 aromatic rings. The van der Waals surface area contributed by atoms with Crippen LogP contribution in [0.3, 0.4) is 0 Å². The molecule has 0 N–H and O–H groups in total. The van der Waals surface area contributed by atoms with Crippen LogP contribution in [0.1, 0.15) is 103 Å². The van der Waals surface area contributed by atoms with E-state index in [2.05, 4.69) is 219 Å². The van der Waals surface area contributed by atoms with E-state index in [-0.39, 0.29) is 28.4 Å². The van der Waals surface area contributed by atoms with Gasteiger partial charge in [0, 0.05) is 56.1 Å². The number of anilines is 6. The van der Waals surface area contributed by atoms with Crippen molar-refractivity contribution in [3.63, 3.8) is 0 Å². The summed E-state index contributed by atoms with van der Waals surface area (Å²) in [6.07, 6.45) is 0. The van der Waals surface area contributed by atoms with Crippen molar-refractivity contribution in [3.8, 4) is 22.3 Å². The first-order valence-electron chi connectivity index (χ1n) is 21.6. The standard InChI is InChI=1S/C56H53BN2/c1-53(2,3)34-22-26-36(27-23-34)58-46-20-15-21-47-50(46)57(44-32-30-42-48(51(44)58)38-16-11-13-18-40(38)55(42,7)8)45-33-31-43-49(39-17-12-14-19-41(39)56(43,9)10)52(45)59(47)37-28-24-35(25-29-37)54(4,5)6/h11-33H,1-10H3. The highest BCUT2D eigenvalue weighted by Crippen LogP contribution is 2.58. The van der Waals surface area contributed by atoms with Crippen LogP contribution in [0.5, 0.6) is 0 Å². The molecule has 11 rings (SSSR count). The minimum Gasteiger partial charge on any atom is -0.311 e. The van der Waals surface area contributed by atoms with Crippen molar-refractivity contribution in [2.75, 3.05) is 9.80 Å². The van der Waals surface area contributed by atoms with Crippen LogP contribution in [0.2, 0.25) is 0 Å². The first kappa shape index (κ1) is 36.3. The minimum atomic E-state index is -0.124. The smallest absolute Gasteiger partial charge is 0.252 e. The highest BCUT2D eigenvalue weighted by molar-refractivity contribution is 7.00. The summed E-state index contributed by atoms with van der Waals surface area (Å²) in [6, 6.07) is 54.1. The Labute approximate surface area is 351 Å². The zero-order chi connectivity index (χ0) is 41.0. The van der Waals surface area contributed by atoms with Crippen LogP contribution < -0.4 is 26.2 Å². The van der Waals surface area contributed by atoms with Crippen molar-refractivity contribution < 1.29 is 0 Å². The molecule has 0 spiro atoms. The van der Waals surface area contributed by atoms with Gasteiger partial charge in [-0.15, -0.1) is 0 Å². The lowest BCUT2D eigenvalue weighted by Gasteiger charge is -2.45. The average Bonchev–Trinajstić information content (AvgIpc) is 3.60. The molecular weight excluding hydrogens is 711 g/mol. The van der Waals surface area contributed by atoms with Crippen LogP contribution in [-0.2, 0) is 21.7 Å². The third-order valence-corrected chi connectivity index (χ3v) is 14.4. The second-order valence-electron chi connectivity index (χ2n) is 20.6. The van der Waals surface area contributed by atoms with Crippen LogP contribution in [0.4, 0.5) is 34.1 Å². The predicted octanol–water partition coefficient (Wildman–Crippen LogP) is 13.0. The molecule has 0 saturated heterocycles. The molecule has 0 atom stereocenters. The van der Waals surface area contributed by atoms with Crippen molar-refractivity contribution in [1.29, 1.82) is 0 Å². The molecule has 0 radical (unpaired) electrons. The van der Waals surface area contributed by atoms with Crippen molar-refractivity contribution in [3.05, 3.63) is 173 Å². The van der Waals surface area contributed by atoms with Gasteiger partial charge in [0.15, 0.2) is 0 Å². The van der Waals surface area contributed by atoms with E-state index in [4.69, 9.17) is 0 Å². The number of benzene rings is 7. The molecule has 7 aromatic carbocycles. The van der Waals surface area contributed by atoms with Gasteiger partial charge >= 0.3 is 0 Å². The minimum absolute atomic E-state index is 0.0312. The Balaban J connectivity index is 1.26. The summed E-state index contributed by atoms with van der Waals surface area (Å²) in [5.74, 6) is 0. The van der Waals surface area contributed by atoms with E-state index in [0.717, 1.165) is 0 Å². The fourth-order valence-corrected chi connectivity index (χ4v) is 11.2. The second-order valence-corrected chi connectivity index (χ2v) is 20.6. The van der Waals surface area contributed by atoms with E-state index in [1.165, 1.54) is 106 Å². The Kier molecular flexibility index (Phi) is 7.33. The van der Waals surface area contributed by atoms with E-state index in [1.54, 1.807) is 0 Å². The van der Waals surface area contributed by atoms with E-state index in [0.29, 0.717) is 0 Å². The summed E-state index contributed by atoms with van der Waals surface area (Å²) < 4.78 is 0. The Hall–Kier alpha value is -5.80. The number of hydrogen-bond donors (Lipinski definition) is 0. The molecule has 2 aliphatic carbocycles. The van der Waals surface area contributed by atoms with Gasteiger partial charge in [0.05, 0.1) is 0 Å². The summed E-state index contributed by atoms with van der Waals surface area (Å²) in [5.41, 5.74) is 25.2. The van der Waals surface area contributed by atoms with E-state index in [1.807, 2.05) is 0 Å². The molecule has 0 unspecified atom stereocenters. The summed E-state index contributed by atoms with van der Waals surface area (Å²) in [7, 11) is 0. The molecule has 0 aromatic heterocycles. The lowest BCUT2D eigenvalue weighted by molar-refractivity contribution is 0.590. The van der Waals surface area contributed by atoms with Crippen molar-refractivity contribution >= 4 is 57.2 Å². The molecule has 3 heteroatoms. The van der Waals surface area contributed by atoms with Gasteiger partial charge in [-0.25, -0.2) is 0 Å². The maximum atomic E-state index is 2.62. The van der Waals surface area contributed by atoms with E-state index < -0.39 is 0 Å². The zero-order valence-electron chi connectivity index (χ0n) is 36.3. The van der Waals surface area contributed by atoms with Gasteiger partial charge in [-0.05, 0) is 108 Å². The predicted molar refractivity (Wildman–Crippen MR) is 253 cm³/mol. The summed E-state index contributed by atoms with van der Waals surface area (Å²) in [6.45, 7) is 23.5. The van der Waals surface area contributed by atoms with Gasteiger partial charge in [0.2, 0.25) is 0 Å². The Morgan fingerprint density at radius 1 is 0.407 bits per heavy atom. The molecule has 2 aliphatic heterocycles. The Bertz CT molecular complexity index is 2700. The SMILES string of the molecule is CC(C)(C)c1ccc(N2c3cccc4c3B(c3ccc5c(c32)-c2ccccc2C5(C)C)c2ccc3c(c2N4c2ccc(C(C)(C)C)cc2)-c2ccccc2C3(C)C)cc1. The third-order valence-electron chi connectivity index (χ3n) is 14.4. The molecule has 2 heterocycles. The highest BCUT2D eigenvalue weighted by atomic mass is 15.2. The van der Waals surface area contributed by atoms with Crippen molar-refractivity contribution in [2.45, 2.75) is 90.9 Å². The molecule has 59 heavy (non-hydrogen) atoms. The summed E-state index contributed by atoms with van der Waals surface area (Å²) >= 11 is 0.